The molecule has 0 spiro atoms. The van der Waals surface area contributed by atoms with E-state index in [2.05, 4.69) is 68.1 Å². The molecule has 3 heterocycles. The fourth-order valence-corrected chi connectivity index (χ4v) is 12.6. The zero-order valence-corrected chi connectivity index (χ0v) is 62.3. The van der Waals surface area contributed by atoms with Crippen molar-refractivity contribution in [2.45, 2.75) is 115 Å². The minimum atomic E-state index is -4.53. The van der Waals surface area contributed by atoms with Gasteiger partial charge in [-0.3, -0.25) is 91.3 Å². The third-order valence-electron chi connectivity index (χ3n) is 17.0. The maximum atomic E-state index is 14.5. The number of amides is 12. The van der Waals surface area contributed by atoms with E-state index in [0.29, 0.717) is 27.9 Å². The number of hydrogen-bond donors (Lipinski definition) is 18. The molecule has 12 amide bonds. The highest BCUT2D eigenvalue weighted by molar-refractivity contribution is 7.98. The van der Waals surface area contributed by atoms with E-state index in [-0.39, 0.29) is 108 Å². The molecule has 0 aliphatic carbocycles. The van der Waals surface area contributed by atoms with Gasteiger partial charge in [0.05, 0.1) is 39.1 Å². The molecule has 0 saturated carbocycles. The molecule has 0 unspecified atom stereocenters. The number of anilines is 1. The van der Waals surface area contributed by atoms with Gasteiger partial charge in [-0.05, 0) is 85.9 Å². The van der Waals surface area contributed by atoms with Crippen molar-refractivity contribution in [1.82, 2.24) is 82.4 Å². The second kappa shape index (κ2) is 43.7. The molecule has 40 heteroatoms. The number of primary amides is 2. The monoisotopic (exact) mass is 1540 g/mol. The van der Waals surface area contributed by atoms with Crippen molar-refractivity contribution >= 4 is 119 Å². The van der Waals surface area contributed by atoms with Crippen LogP contribution in [-0.2, 0) is 79.7 Å². The van der Waals surface area contributed by atoms with Gasteiger partial charge in [0.1, 0.15) is 48.6 Å². The number of carbonyl (C=O) groups is 14. The summed E-state index contributed by atoms with van der Waals surface area (Å²) in [5.74, 6) is -12.0. The Morgan fingerprint density at radius 3 is 1.69 bits per heavy atom. The lowest BCUT2D eigenvalue weighted by molar-refractivity contribution is -0.139. The molecule has 588 valence electrons. The molecule has 1 aliphatic heterocycles. The number of thioether (sulfide) groups is 1. The van der Waals surface area contributed by atoms with E-state index in [4.69, 9.17) is 11.5 Å². The van der Waals surface area contributed by atoms with Crippen molar-refractivity contribution in [3.8, 4) is 0 Å². The summed E-state index contributed by atoms with van der Waals surface area (Å²) in [5.41, 5.74) is 12.9. The topological polar surface area (TPSA) is 567 Å². The number of carboxylic acids is 2. The normalized spacial score (nSPS) is 15.6. The molecule has 2 aromatic heterocycles. The number of nitrogens with one attached hydrogen (secondary N) is 12. The molecule has 1 saturated heterocycles. The summed E-state index contributed by atoms with van der Waals surface area (Å²) in [5, 5.41) is 45.7. The number of aromatic amines is 2. The molecule has 5 rings (SSSR count). The van der Waals surface area contributed by atoms with E-state index in [1.54, 1.807) is 49.2 Å². The van der Waals surface area contributed by atoms with E-state index in [1.807, 2.05) is 20.1 Å². The Balaban J connectivity index is 1.22. The maximum Gasteiger partial charge on any atom is 0.339 e. The largest absolute Gasteiger partial charge is 0.480 e. The molecule has 107 heavy (non-hydrogen) atoms. The minimum Gasteiger partial charge on any atom is -0.480 e. The summed E-state index contributed by atoms with van der Waals surface area (Å²) in [6.45, 7) is 6.58. The molecule has 1 fully saturated rings. The number of carboxylic acid groups (broad SMARTS) is 2. The average Bonchev–Trinajstić information content (AvgIpc) is 1.69. The number of nitrogens with zero attached hydrogens (tertiary/aromatic N) is 5. The van der Waals surface area contributed by atoms with Crippen molar-refractivity contribution < 1.29 is 91.7 Å². The Hall–Kier alpha value is -9.89. The highest BCUT2D eigenvalue weighted by Crippen LogP contribution is 2.35. The van der Waals surface area contributed by atoms with Crippen molar-refractivity contribution in [2.24, 2.45) is 23.3 Å². The van der Waals surface area contributed by atoms with Crippen LogP contribution in [0.3, 0.4) is 0 Å². The molecular formula is C67H100N19O19PS. The SMILES string of the molecule is CSCC[C@H](NC(=O)[C@H](CC(C)C)NC(=O)[C@H](Cc1cnc[nH]1)NC(=O)CNC(=O)[C@@H](NC(=O)[C@H](C)NC(=O)[C@H](Cc1c[nH]c2ccccc12)NC(=O)[C@H](CCC(N)=O)NC(=O)c1ccc(NC(=O)CNC(=O)CN2CCN(CC(=O)O)CCN(CP(=O)(O)O)CCN(CC(=O)O)CC2)cc1)C(C)C)C(N)=O. The van der Waals surface area contributed by atoms with Gasteiger partial charge in [-0.2, -0.15) is 11.8 Å². The second-order valence-corrected chi connectivity index (χ2v) is 29.2. The number of hydrogen-bond acceptors (Lipinski definition) is 21. The van der Waals surface area contributed by atoms with Crippen LogP contribution >= 0.6 is 19.4 Å². The van der Waals surface area contributed by atoms with Gasteiger partial charge in [0.2, 0.25) is 65.0 Å². The first-order chi connectivity index (χ1) is 50.6. The minimum absolute atomic E-state index is 0.0316. The Morgan fingerprint density at radius 2 is 1.13 bits per heavy atom. The number of imidazole rings is 1. The van der Waals surface area contributed by atoms with Gasteiger partial charge in [0.15, 0.2) is 0 Å². The second-order valence-electron chi connectivity index (χ2n) is 26.6. The first-order valence-corrected chi connectivity index (χ1v) is 37.8. The number of benzene rings is 2. The van der Waals surface area contributed by atoms with Gasteiger partial charge >= 0.3 is 19.5 Å². The van der Waals surface area contributed by atoms with E-state index in [0.717, 1.165) is 0 Å². The number of fused-ring (bicyclic) bond motifs is 1. The predicted molar refractivity (Wildman–Crippen MR) is 392 cm³/mol. The summed E-state index contributed by atoms with van der Waals surface area (Å²) >= 11 is 1.45. The van der Waals surface area contributed by atoms with Crippen LogP contribution in [0.2, 0.25) is 0 Å². The summed E-state index contributed by atoms with van der Waals surface area (Å²) < 4.78 is 11.9. The van der Waals surface area contributed by atoms with E-state index < -0.39 is 178 Å². The Morgan fingerprint density at radius 1 is 0.579 bits per heavy atom. The standard InChI is InChI=1S/C67H100N19O19PS/c1-39(2)27-50(65(100)78-48(60(69)95)17-26-107-6)80-66(101)52(29-45-31-70-37-74-45)77-55(89)33-73-67(102)59(40(3)4)82-61(96)41(5)75-64(99)51(28-43-30-71-47-10-8-7-9-46(43)47)81-63(98)49(15-16-53(68)87)79-62(97)42-11-13-44(14-12-42)76-54(88)32-72-56(90)34-83-18-20-84(35-57(91)92)22-24-86(38-106(103,104)105)25-23-85(21-19-83)36-58(93)94/h7-14,30-31,37,39-41,48-52,59,71H,15-29,32-36,38H2,1-6H3,(H2,68,87)(H2,69,95)(H,70,74)(H,72,90)(H,73,102)(H,75,99)(H,76,88)(H,77,89)(H,78,100)(H,79,97)(H,80,101)(H,81,98)(H,82,96)(H,91,92)(H,93,94)(H2,103,104,105)/t41-,48-,49-,50-,51-,52-,59-/m0/s1. The molecule has 7 atom stereocenters. The van der Waals surface area contributed by atoms with Gasteiger partial charge in [-0.25, -0.2) is 4.98 Å². The third kappa shape index (κ3) is 32.0. The fraction of sp³-hybridized carbons (Fsp3) is 0.537. The number of rotatable bonds is 41. The van der Waals surface area contributed by atoms with E-state index in [1.165, 1.54) is 70.2 Å². The quantitative estimate of drug-likeness (QED) is 0.0190. The first kappa shape index (κ1) is 87.7. The summed E-state index contributed by atoms with van der Waals surface area (Å²) in [7, 11) is -4.53. The Kier molecular flexibility index (Phi) is 35.8. The highest BCUT2D eigenvalue weighted by Gasteiger charge is 2.35. The number of para-hydroxylation sites is 1. The molecule has 20 N–H and O–H groups in total. The van der Waals surface area contributed by atoms with Crippen LogP contribution in [0.15, 0.2) is 67.3 Å². The predicted octanol–water partition coefficient (Wildman–Crippen LogP) is -3.69. The van der Waals surface area contributed by atoms with Crippen LogP contribution in [-0.4, -0.2) is 283 Å². The van der Waals surface area contributed by atoms with Gasteiger partial charge < -0.3 is 94.6 Å². The number of aliphatic carboxylic acids is 2. The summed E-state index contributed by atoms with van der Waals surface area (Å²) in [6, 6.07) is 3.25. The zero-order valence-electron chi connectivity index (χ0n) is 60.6. The summed E-state index contributed by atoms with van der Waals surface area (Å²) in [6.07, 6.45) is 4.95. The van der Waals surface area contributed by atoms with Crippen LogP contribution in [0.4, 0.5) is 5.69 Å². The average molecular weight is 1540 g/mol. The maximum absolute atomic E-state index is 14.5. The number of nitrogens with two attached hydrogens (primary N) is 2. The van der Waals surface area contributed by atoms with Crippen LogP contribution in [0.25, 0.3) is 10.9 Å². The van der Waals surface area contributed by atoms with Gasteiger partial charge in [-0.1, -0.05) is 45.9 Å². The Bertz CT molecular complexity index is 3730. The fourth-order valence-electron chi connectivity index (χ4n) is 11.3. The highest BCUT2D eigenvalue weighted by atomic mass is 32.2. The molecule has 38 nitrogen and oxygen atoms in total. The molecule has 2 aromatic carbocycles. The van der Waals surface area contributed by atoms with Gasteiger partial charge in [-0.15, -0.1) is 0 Å². The lowest BCUT2D eigenvalue weighted by Gasteiger charge is -2.33. The molecule has 0 bridgehead atoms. The van der Waals surface area contributed by atoms with Crippen molar-refractivity contribution in [2.75, 3.05) is 109 Å². The van der Waals surface area contributed by atoms with Crippen LogP contribution < -0.4 is 64.6 Å². The van der Waals surface area contributed by atoms with Gasteiger partial charge in [0.25, 0.3) is 5.91 Å². The first-order valence-electron chi connectivity index (χ1n) is 34.6. The molecule has 1 aliphatic rings. The smallest absolute Gasteiger partial charge is 0.339 e. The number of carbonyl (C=O) groups excluding carboxylic acids is 12. The summed E-state index contributed by atoms with van der Waals surface area (Å²) in [4.78, 5) is 221. The lowest BCUT2D eigenvalue weighted by Crippen LogP contribution is -2.59. The van der Waals surface area contributed by atoms with Gasteiger partial charge in [0, 0.05) is 112 Å². The van der Waals surface area contributed by atoms with Crippen LogP contribution in [0, 0.1) is 11.8 Å². The van der Waals surface area contributed by atoms with E-state index >= 15 is 0 Å². The van der Waals surface area contributed by atoms with Crippen molar-refractivity contribution in [3.63, 3.8) is 0 Å². The number of aromatic nitrogens is 3. The lowest BCUT2D eigenvalue weighted by atomic mass is 10.0. The van der Waals surface area contributed by atoms with Crippen molar-refractivity contribution in [1.29, 1.82) is 0 Å². The molecular weight excluding hydrogens is 1440 g/mol. The van der Waals surface area contributed by atoms with Crippen molar-refractivity contribution in [3.05, 3.63) is 84.1 Å². The van der Waals surface area contributed by atoms with Crippen LogP contribution in [0.1, 0.15) is 81.9 Å². The molecule has 4 aromatic rings. The molecule has 0 radical (unpaired) electrons. The van der Waals surface area contributed by atoms with Crippen LogP contribution in [0.5, 0.6) is 0 Å². The third-order valence-corrected chi connectivity index (χ3v) is 18.4. The zero-order chi connectivity index (χ0) is 79.1. The number of H-pyrrole nitrogens is 2. The van der Waals surface area contributed by atoms with E-state index in [9.17, 15) is 91.7 Å². The Labute approximate surface area is 621 Å².